The molecule has 5 aromatic carbocycles. The van der Waals surface area contributed by atoms with Crippen molar-refractivity contribution in [1.82, 2.24) is 0 Å². The summed E-state index contributed by atoms with van der Waals surface area (Å²) in [5.74, 6) is 0.778. The van der Waals surface area contributed by atoms with Gasteiger partial charge in [0.1, 0.15) is 12.4 Å². The summed E-state index contributed by atoms with van der Waals surface area (Å²) >= 11 is 0. The molecule has 5 aromatic rings. The first-order valence-corrected chi connectivity index (χ1v) is 8.86. The Labute approximate surface area is 151 Å². The zero-order chi connectivity index (χ0) is 17.5. The number of aliphatic hydroxyl groups is 1. The molecule has 0 aromatic heterocycles. The zero-order valence-corrected chi connectivity index (χ0v) is 14.3. The van der Waals surface area contributed by atoms with Crippen molar-refractivity contribution in [2.75, 3.05) is 13.2 Å². The van der Waals surface area contributed by atoms with Gasteiger partial charge in [-0.25, -0.2) is 0 Å². The Hall–Kier alpha value is -3.10. The van der Waals surface area contributed by atoms with Crippen LogP contribution in [0.2, 0.25) is 0 Å². The Bertz CT molecular complexity index is 1190. The van der Waals surface area contributed by atoms with Gasteiger partial charge in [-0.1, -0.05) is 66.7 Å². The largest absolute Gasteiger partial charge is 0.491 e. The Kier molecular flexibility index (Phi) is 3.51. The maximum absolute atomic E-state index is 8.89. The predicted molar refractivity (Wildman–Crippen MR) is 108 cm³/mol. The molecule has 0 heterocycles. The highest BCUT2D eigenvalue weighted by molar-refractivity contribution is 6.25. The van der Waals surface area contributed by atoms with Gasteiger partial charge in [0.15, 0.2) is 0 Å². The van der Waals surface area contributed by atoms with E-state index in [-0.39, 0.29) is 6.61 Å². The fraction of sp³-hybridized carbons (Fsp3) is 0.0833. The van der Waals surface area contributed by atoms with Crippen LogP contribution in [0.4, 0.5) is 0 Å². The maximum Gasteiger partial charge on any atom is 0.119 e. The third-order valence-electron chi connectivity index (χ3n) is 5.05. The van der Waals surface area contributed by atoms with Crippen molar-refractivity contribution < 1.29 is 9.84 Å². The van der Waals surface area contributed by atoms with Gasteiger partial charge in [-0.3, -0.25) is 0 Å². The summed E-state index contributed by atoms with van der Waals surface area (Å²) in [6, 6.07) is 27.8. The molecule has 0 radical (unpaired) electrons. The van der Waals surface area contributed by atoms with Crippen LogP contribution in [0, 0.1) is 0 Å². The van der Waals surface area contributed by atoms with Crippen molar-refractivity contribution in [2.24, 2.45) is 0 Å². The van der Waals surface area contributed by atoms with E-state index in [1.165, 1.54) is 43.4 Å². The fourth-order valence-corrected chi connectivity index (χ4v) is 3.88. The molecule has 0 amide bonds. The molecule has 0 saturated carbocycles. The van der Waals surface area contributed by atoms with Crippen LogP contribution >= 0.6 is 0 Å². The van der Waals surface area contributed by atoms with Crippen LogP contribution in [-0.4, -0.2) is 18.3 Å². The Morgan fingerprint density at radius 3 is 2.04 bits per heavy atom. The lowest BCUT2D eigenvalue weighted by atomic mass is 9.90. The molecule has 2 nitrogen and oxygen atoms in total. The molecule has 2 heteroatoms. The minimum absolute atomic E-state index is 0.0246. The molecule has 0 saturated heterocycles. The molecular formula is C24H18O2. The summed E-state index contributed by atoms with van der Waals surface area (Å²) < 4.78 is 5.48. The van der Waals surface area contributed by atoms with Crippen LogP contribution in [0.3, 0.4) is 0 Å². The van der Waals surface area contributed by atoms with Crippen molar-refractivity contribution in [3.05, 3.63) is 78.9 Å². The van der Waals surface area contributed by atoms with Gasteiger partial charge in [0.25, 0.3) is 0 Å². The molecule has 26 heavy (non-hydrogen) atoms. The first-order chi connectivity index (χ1) is 12.8. The fourth-order valence-electron chi connectivity index (χ4n) is 3.88. The number of rotatable bonds is 4. The highest BCUT2D eigenvalue weighted by atomic mass is 16.5. The number of benzene rings is 5. The molecule has 0 unspecified atom stereocenters. The Balaban J connectivity index is 1.73. The zero-order valence-electron chi connectivity index (χ0n) is 14.3. The molecule has 0 fully saturated rings. The SMILES string of the molecule is OCCOc1ccc(-c2ccc3ccc4cccc5ccc2c3c45)cc1. The van der Waals surface area contributed by atoms with Crippen molar-refractivity contribution in [3.63, 3.8) is 0 Å². The summed E-state index contributed by atoms with van der Waals surface area (Å²) in [6.07, 6.45) is 0. The van der Waals surface area contributed by atoms with Crippen molar-refractivity contribution in [2.45, 2.75) is 0 Å². The van der Waals surface area contributed by atoms with Crippen LogP contribution in [-0.2, 0) is 0 Å². The van der Waals surface area contributed by atoms with Gasteiger partial charge in [-0.15, -0.1) is 0 Å². The lowest BCUT2D eigenvalue weighted by Gasteiger charge is -2.14. The minimum atomic E-state index is 0.0246. The summed E-state index contributed by atoms with van der Waals surface area (Å²) in [5.41, 5.74) is 2.39. The van der Waals surface area contributed by atoms with Crippen LogP contribution in [0.25, 0.3) is 43.4 Å². The van der Waals surface area contributed by atoms with Crippen LogP contribution in [0.15, 0.2) is 78.9 Å². The van der Waals surface area contributed by atoms with Crippen LogP contribution in [0.1, 0.15) is 0 Å². The van der Waals surface area contributed by atoms with Gasteiger partial charge in [-0.05, 0) is 55.6 Å². The summed E-state index contributed by atoms with van der Waals surface area (Å²) in [6.45, 7) is 0.342. The highest BCUT2D eigenvalue weighted by Crippen LogP contribution is 2.39. The number of ether oxygens (including phenoxy) is 1. The van der Waals surface area contributed by atoms with E-state index in [1.54, 1.807) is 0 Å². The van der Waals surface area contributed by atoms with E-state index < -0.39 is 0 Å². The van der Waals surface area contributed by atoms with Crippen LogP contribution in [0.5, 0.6) is 5.75 Å². The van der Waals surface area contributed by atoms with E-state index in [0.717, 1.165) is 5.75 Å². The van der Waals surface area contributed by atoms with Gasteiger partial charge in [-0.2, -0.15) is 0 Å². The molecular weight excluding hydrogens is 320 g/mol. The van der Waals surface area contributed by atoms with Crippen molar-refractivity contribution in [3.8, 4) is 16.9 Å². The van der Waals surface area contributed by atoms with E-state index >= 15 is 0 Å². The highest BCUT2D eigenvalue weighted by Gasteiger charge is 2.11. The van der Waals surface area contributed by atoms with E-state index in [0.29, 0.717) is 6.61 Å². The van der Waals surface area contributed by atoms with Gasteiger partial charge >= 0.3 is 0 Å². The van der Waals surface area contributed by atoms with Gasteiger partial charge in [0, 0.05) is 0 Å². The number of hydrogen-bond acceptors (Lipinski definition) is 2. The van der Waals surface area contributed by atoms with Crippen molar-refractivity contribution >= 4 is 32.3 Å². The van der Waals surface area contributed by atoms with E-state index in [2.05, 4.69) is 66.7 Å². The Morgan fingerprint density at radius 1 is 0.654 bits per heavy atom. The topological polar surface area (TPSA) is 29.5 Å². The molecule has 0 atom stereocenters. The summed E-state index contributed by atoms with van der Waals surface area (Å²) in [4.78, 5) is 0. The molecule has 126 valence electrons. The quantitative estimate of drug-likeness (QED) is 0.431. The summed E-state index contributed by atoms with van der Waals surface area (Å²) in [7, 11) is 0. The molecule has 0 aliphatic heterocycles. The van der Waals surface area contributed by atoms with Gasteiger partial charge in [0.05, 0.1) is 6.61 Å². The van der Waals surface area contributed by atoms with E-state index in [1.807, 2.05) is 12.1 Å². The Morgan fingerprint density at radius 2 is 1.31 bits per heavy atom. The van der Waals surface area contributed by atoms with E-state index in [4.69, 9.17) is 9.84 Å². The number of aliphatic hydroxyl groups excluding tert-OH is 1. The third-order valence-corrected chi connectivity index (χ3v) is 5.05. The molecule has 1 N–H and O–H groups in total. The molecule has 0 aliphatic rings. The lowest BCUT2D eigenvalue weighted by Crippen LogP contribution is -2.01. The summed E-state index contributed by atoms with van der Waals surface area (Å²) in [5, 5.41) is 16.7. The molecule has 0 spiro atoms. The maximum atomic E-state index is 8.89. The van der Waals surface area contributed by atoms with Crippen LogP contribution < -0.4 is 4.74 Å². The van der Waals surface area contributed by atoms with Gasteiger partial charge in [0.2, 0.25) is 0 Å². The average Bonchev–Trinajstić information content (AvgIpc) is 2.71. The normalized spacial score (nSPS) is 11.6. The first-order valence-electron chi connectivity index (χ1n) is 8.86. The minimum Gasteiger partial charge on any atom is -0.491 e. The van der Waals surface area contributed by atoms with Crippen molar-refractivity contribution in [1.29, 1.82) is 0 Å². The van der Waals surface area contributed by atoms with E-state index in [9.17, 15) is 0 Å². The lowest BCUT2D eigenvalue weighted by molar-refractivity contribution is 0.201. The predicted octanol–water partition coefficient (Wildman–Crippen LogP) is 5.62. The average molecular weight is 338 g/mol. The molecule has 5 rings (SSSR count). The monoisotopic (exact) mass is 338 g/mol. The smallest absolute Gasteiger partial charge is 0.119 e. The second-order valence-electron chi connectivity index (χ2n) is 6.57. The third kappa shape index (κ3) is 2.31. The second-order valence-corrected chi connectivity index (χ2v) is 6.57. The molecule has 0 bridgehead atoms. The van der Waals surface area contributed by atoms with Gasteiger partial charge < -0.3 is 9.84 Å². The standard InChI is InChI=1S/C24H18O2/c25-14-15-26-20-10-6-16(7-11-20)21-12-8-19-5-4-17-2-1-3-18-9-13-22(21)24(19)23(17)18/h1-13,25H,14-15H2. The number of hydrogen-bond donors (Lipinski definition) is 1. The second kappa shape index (κ2) is 6.01. The molecule has 0 aliphatic carbocycles. The first kappa shape index (κ1) is 15.2.